The molecule has 2 aromatic rings. The van der Waals surface area contributed by atoms with Crippen LogP contribution in [0.5, 0.6) is 0 Å². The first-order valence-electron chi connectivity index (χ1n) is 5.14. The minimum absolute atomic E-state index is 0.0483. The topological polar surface area (TPSA) is 41.8 Å². The van der Waals surface area contributed by atoms with Gasteiger partial charge in [-0.05, 0) is 29.3 Å². The van der Waals surface area contributed by atoms with Gasteiger partial charge >= 0.3 is 0 Å². The Kier molecular flexibility index (Phi) is 2.68. The third-order valence-electron chi connectivity index (χ3n) is 2.40. The summed E-state index contributed by atoms with van der Waals surface area (Å²) in [6.45, 7) is 6.48. The number of H-pyrrole nitrogens is 1. The zero-order chi connectivity index (χ0) is 11.8. The maximum atomic E-state index is 5.35. The molecule has 0 atom stereocenters. The molecular weight excluding hydrogens is 220 g/mol. The number of nitrogens with zero attached hydrogens (tertiary/aromatic N) is 1. The highest BCUT2D eigenvalue weighted by Crippen LogP contribution is 2.31. The summed E-state index contributed by atoms with van der Waals surface area (Å²) < 4.78 is 5.35. The van der Waals surface area contributed by atoms with Crippen LogP contribution in [0.3, 0.4) is 0 Å². The van der Waals surface area contributed by atoms with E-state index in [9.17, 15) is 0 Å². The second kappa shape index (κ2) is 3.87. The number of hydrogen-bond donors (Lipinski definition) is 1. The van der Waals surface area contributed by atoms with E-state index in [0.29, 0.717) is 10.7 Å². The molecule has 0 radical (unpaired) electrons. The molecule has 0 unspecified atom stereocenters. The molecule has 0 amide bonds. The number of hydrogen-bond acceptors (Lipinski definition) is 3. The summed E-state index contributed by atoms with van der Waals surface area (Å²) in [4.78, 5) is 0.304. The third-order valence-corrected chi connectivity index (χ3v) is 2.58. The average molecular weight is 234 g/mol. The predicted octanol–water partition coefficient (Wildman–Crippen LogP) is 3.70. The van der Waals surface area contributed by atoms with Crippen LogP contribution in [0.15, 0.2) is 28.7 Å². The maximum Gasteiger partial charge on any atom is 0.284 e. The van der Waals surface area contributed by atoms with Gasteiger partial charge in [0.2, 0.25) is 5.89 Å². The van der Waals surface area contributed by atoms with Crippen LogP contribution in [0.4, 0.5) is 0 Å². The van der Waals surface area contributed by atoms with Crippen LogP contribution in [0.2, 0.25) is 0 Å². The summed E-state index contributed by atoms with van der Waals surface area (Å²) >= 11 is 4.88. The van der Waals surface area contributed by atoms with Crippen LogP contribution in [0.1, 0.15) is 26.3 Å². The summed E-state index contributed by atoms with van der Waals surface area (Å²) in [6.07, 6.45) is 0. The van der Waals surface area contributed by atoms with E-state index < -0.39 is 0 Å². The average Bonchev–Trinajstić information content (AvgIpc) is 2.64. The molecule has 1 N–H and O–H groups in total. The van der Waals surface area contributed by atoms with Gasteiger partial charge < -0.3 is 4.42 Å². The van der Waals surface area contributed by atoms with E-state index in [4.69, 9.17) is 16.6 Å². The van der Waals surface area contributed by atoms with Gasteiger partial charge in [0.1, 0.15) is 0 Å². The molecule has 0 aliphatic rings. The smallest absolute Gasteiger partial charge is 0.284 e. The summed E-state index contributed by atoms with van der Waals surface area (Å²) in [5.41, 5.74) is 2.23. The molecule has 0 saturated carbocycles. The van der Waals surface area contributed by atoms with Gasteiger partial charge in [-0.15, -0.1) is 5.10 Å². The van der Waals surface area contributed by atoms with Crippen LogP contribution in [-0.4, -0.2) is 10.2 Å². The van der Waals surface area contributed by atoms with E-state index in [1.807, 2.05) is 18.2 Å². The van der Waals surface area contributed by atoms with Gasteiger partial charge in [-0.2, -0.15) is 0 Å². The van der Waals surface area contributed by atoms with Gasteiger partial charge in [0.25, 0.3) is 4.84 Å². The van der Waals surface area contributed by atoms with E-state index in [-0.39, 0.29) is 5.41 Å². The van der Waals surface area contributed by atoms with Gasteiger partial charge in [0.15, 0.2) is 0 Å². The lowest BCUT2D eigenvalue weighted by atomic mass is 9.84. The number of rotatable bonds is 1. The van der Waals surface area contributed by atoms with Gasteiger partial charge in [-0.25, -0.2) is 5.10 Å². The Morgan fingerprint density at radius 2 is 1.94 bits per heavy atom. The van der Waals surface area contributed by atoms with E-state index in [1.165, 1.54) is 5.56 Å². The zero-order valence-electron chi connectivity index (χ0n) is 9.57. The van der Waals surface area contributed by atoms with E-state index >= 15 is 0 Å². The fourth-order valence-corrected chi connectivity index (χ4v) is 1.79. The molecule has 84 valence electrons. The molecule has 1 heterocycles. The molecule has 4 heteroatoms. The van der Waals surface area contributed by atoms with Gasteiger partial charge in [0.05, 0.1) is 0 Å². The lowest BCUT2D eigenvalue weighted by Gasteiger charge is -2.21. The second-order valence-electron chi connectivity index (χ2n) is 4.71. The molecule has 0 saturated heterocycles. The first-order chi connectivity index (χ1) is 7.48. The number of aromatic amines is 1. The van der Waals surface area contributed by atoms with Crippen LogP contribution < -0.4 is 0 Å². The molecule has 1 aromatic heterocycles. The van der Waals surface area contributed by atoms with Crippen molar-refractivity contribution in [2.75, 3.05) is 0 Å². The summed E-state index contributed by atoms with van der Waals surface area (Å²) in [5, 5.41) is 6.71. The van der Waals surface area contributed by atoms with Crippen LogP contribution >= 0.6 is 12.2 Å². The molecule has 3 nitrogen and oxygen atoms in total. The van der Waals surface area contributed by atoms with Crippen molar-refractivity contribution in [3.8, 4) is 11.5 Å². The highest BCUT2D eigenvalue weighted by atomic mass is 32.1. The molecule has 0 aliphatic carbocycles. The first-order valence-corrected chi connectivity index (χ1v) is 5.55. The number of benzene rings is 1. The van der Waals surface area contributed by atoms with E-state index in [2.05, 4.69) is 37.0 Å². The molecule has 1 aromatic carbocycles. The molecule has 0 spiro atoms. The van der Waals surface area contributed by atoms with Crippen LogP contribution in [0.25, 0.3) is 11.5 Å². The normalized spacial score (nSPS) is 11.7. The van der Waals surface area contributed by atoms with Crippen molar-refractivity contribution in [2.45, 2.75) is 26.2 Å². The van der Waals surface area contributed by atoms with E-state index in [1.54, 1.807) is 0 Å². The maximum absolute atomic E-state index is 5.35. The monoisotopic (exact) mass is 234 g/mol. The van der Waals surface area contributed by atoms with Crippen molar-refractivity contribution in [2.24, 2.45) is 0 Å². The van der Waals surface area contributed by atoms with Crippen molar-refractivity contribution < 1.29 is 4.42 Å². The molecule has 0 fully saturated rings. The molecule has 16 heavy (non-hydrogen) atoms. The Morgan fingerprint density at radius 3 is 2.50 bits per heavy atom. The standard InChI is InChI=1S/C12H14N2OS/c1-12(2,3)9-7-5-4-6-8(9)10-13-14-11(16)15-10/h4-7H,1-3H3,(H,14,16). The fraction of sp³-hybridized carbons (Fsp3) is 0.333. The van der Waals surface area contributed by atoms with Crippen molar-refractivity contribution in [1.29, 1.82) is 0 Å². The minimum Gasteiger partial charge on any atom is -0.409 e. The van der Waals surface area contributed by atoms with E-state index in [0.717, 1.165) is 5.56 Å². The Hall–Kier alpha value is -1.42. The quantitative estimate of drug-likeness (QED) is 0.765. The molecular formula is C12H14N2OS. The lowest BCUT2D eigenvalue weighted by Crippen LogP contribution is -2.12. The van der Waals surface area contributed by atoms with Gasteiger partial charge in [0, 0.05) is 5.56 Å². The largest absolute Gasteiger partial charge is 0.409 e. The van der Waals surface area contributed by atoms with Crippen molar-refractivity contribution >= 4 is 12.2 Å². The minimum atomic E-state index is 0.0483. The van der Waals surface area contributed by atoms with Crippen LogP contribution in [0, 0.1) is 4.84 Å². The van der Waals surface area contributed by atoms with Crippen LogP contribution in [-0.2, 0) is 5.41 Å². The third kappa shape index (κ3) is 2.07. The Bertz CT molecular complexity index is 548. The predicted molar refractivity (Wildman–Crippen MR) is 65.8 cm³/mol. The first kappa shape index (κ1) is 11.1. The Balaban J connectivity index is 2.61. The summed E-state index contributed by atoms with van der Waals surface area (Å²) in [6, 6.07) is 8.07. The van der Waals surface area contributed by atoms with Gasteiger partial charge in [-0.3, -0.25) is 0 Å². The molecule has 0 bridgehead atoms. The lowest BCUT2D eigenvalue weighted by molar-refractivity contribution is 0.544. The fourth-order valence-electron chi connectivity index (χ4n) is 1.67. The number of nitrogens with one attached hydrogen (secondary N) is 1. The molecule has 2 rings (SSSR count). The zero-order valence-corrected chi connectivity index (χ0v) is 10.4. The SMILES string of the molecule is CC(C)(C)c1ccccc1-c1n[nH]c(=S)o1. The Labute approximate surface area is 99.5 Å². The Morgan fingerprint density at radius 1 is 1.25 bits per heavy atom. The summed E-state index contributed by atoms with van der Waals surface area (Å²) in [5.74, 6) is 0.551. The second-order valence-corrected chi connectivity index (χ2v) is 5.08. The highest BCUT2D eigenvalue weighted by molar-refractivity contribution is 7.71. The number of aromatic nitrogens is 2. The van der Waals surface area contributed by atoms with Gasteiger partial charge in [-0.1, -0.05) is 39.0 Å². The molecule has 0 aliphatic heterocycles. The highest BCUT2D eigenvalue weighted by Gasteiger charge is 2.20. The van der Waals surface area contributed by atoms with Crippen molar-refractivity contribution in [1.82, 2.24) is 10.2 Å². The van der Waals surface area contributed by atoms with Crippen molar-refractivity contribution in [3.63, 3.8) is 0 Å². The summed E-state index contributed by atoms with van der Waals surface area (Å²) in [7, 11) is 0. The van der Waals surface area contributed by atoms with Crippen molar-refractivity contribution in [3.05, 3.63) is 34.7 Å².